The van der Waals surface area contributed by atoms with Gasteiger partial charge in [-0.25, -0.2) is 9.89 Å². The number of halogens is 1. The number of carboxylic acid groups (broad SMARTS) is 1. The zero-order valence-corrected chi connectivity index (χ0v) is 18.1. The van der Waals surface area contributed by atoms with Crippen LogP contribution in [-0.4, -0.2) is 43.7 Å². The van der Waals surface area contributed by atoms with E-state index in [2.05, 4.69) is 36.6 Å². The van der Waals surface area contributed by atoms with E-state index in [9.17, 15) is 20.0 Å². The fourth-order valence-corrected chi connectivity index (χ4v) is 3.89. The lowest BCUT2D eigenvalue weighted by atomic mass is 9.99. The van der Waals surface area contributed by atoms with Crippen LogP contribution in [-0.2, 0) is 0 Å². The van der Waals surface area contributed by atoms with Crippen LogP contribution in [0, 0.1) is 10.1 Å². The third-order valence-electron chi connectivity index (χ3n) is 4.91. The van der Waals surface area contributed by atoms with Crippen LogP contribution in [0.5, 0.6) is 0 Å². The van der Waals surface area contributed by atoms with Gasteiger partial charge in [-0.2, -0.15) is 0 Å². The molecule has 0 aliphatic heterocycles. The highest BCUT2D eigenvalue weighted by Crippen LogP contribution is 2.39. The summed E-state index contributed by atoms with van der Waals surface area (Å²) >= 11 is 3.14. The highest BCUT2D eigenvalue weighted by atomic mass is 79.9. The highest BCUT2D eigenvalue weighted by molar-refractivity contribution is 9.10. The smallest absolute Gasteiger partial charge is 0.338 e. The number of anilines is 2. The van der Waals surface area contributed by atoms with Gasteiger partial charge in [-0.3, -0.25) is 10.1 Å². The number of nitro groups is 1. The SMILES string of the molecule is CN(c1ccc(-c2ccccc2-c2nnn[nH]2)cc1)c1c(C(=O)O)cc(Br)cc1[N+](=O)[O-]. The van der Waals surface area contributed by atoms with Crippen molar-refractivity contribution in [3.63, 3.8) is 0 Å². The first-order chi connectivity index (χ1) is 15.4. The van der Waals surface area contributed by atoms with Crippen molar-refractivity contribution < 1.29 is 14.8 Å². The van der Waals surface area contributed by atoms with Gasteiger partial charge in [0, 0.05) is 28.8 Å². The van der Waals surface area contributed by atoms with Gasteiger partial charge in [0.2, 0.25) is 0 Å². The van der Waals surface area contributed by atoms with Crippen molar-refractivity contribution in [2.75, 3.05) is 11.9 Å². The average molecular weight is 495 g/mol. The Balaban J connectivity index is 1.76. The lowest BCUT2D eigenvalue weighted by molar-refractivity contribution is -0.384. The van der Waals surface area contributed by atoms with Crippen LogP contribution in [0.3, 0.4) is 0 Å². The summed E-state index contributed by atoms with van der Waals surface area (Å²) in [4.78, 5) is 24.3. The molecule has 0 aliphatic rings. The summed E-state index contributed by atoms with van der Waals surface area (Å²) in [6.45, 7) is 0. The number of rotatable bonds is 6. The third kappa shape index (κ3) is 3.93. The Morgan fingerprint density at radius 2 is 1.81 bits per heavy atom. The minimum atomic E-state index is -1.26. The zero-order valence-electron chi connectivity index (χ0n) is 16.6. The van der Waals surface area contributed by atoms with Gasteiger partial charge in [-0.15, -0.1) is 5.10 Å². The second-order valence-electron chi connectivity index (χ2n) is 6.78. The summed E-state index contributed by atoms with van der Waals surface area (Å²) in [5, 5.41) is 35.2. The van der Waals surface area contributed by atoms with Crippen LogP contribution in [0.15, 0.2) is 65.1 Å². The van der Waals surface area contributed by atoms with Crippen molar-refractivity contribution in [3.05, 3.63) is 80.8 Å². The molecule has 32 heavy (non-hydrogen) atoms. The Kier molecular flexibility index (Phi) is 5.65. The van der Waals surface area contributed by atoms with E-state index < -0.39 is 10.9 Å². The third-order valence-corrected chi connectivity index (χ3v) is 5.37. The van der Waals surface area contributed by atoms with Crippen molar-refractivity contribution in [1.82, 2.24) is 20.6 Å². The molecule has 10 nitrogen and oxygen atoms in total. The Hall–Kier alpha value is -4.12. The molecule has 2 N–H and O–H groups in total. The molecule has 0 unspecified atom stereocenters. The summed E-state index contributed by atoms with van der Waals surface area (Å²) in [6, 6.07) is 17.5. The number of nitrogens with zero attached hydrogens (tertiary/aromatic N) is 5. The summed E-state index contributed by atoms with van der Waals surface area (Å²) < 4.78 is 0.313. The molecule has 0 amide bonds. The first kappa shape index (κ1) is 21.1. The van der Waals surface area contributed by atoms with Crippen molar-refractivity contribution in [2.45, 2.75) is 0 Å². The van der Waals surface area contributed by atoms with E-state index in [1.165, 1.54) is 17.0 Å². The number of nitrogens with one attached hydrogen (secondary N) is 1. The predicted octanol–water partition coefficient (Wildman–Crippen LogP) is 4.67. The van der Waals surface area contributed by atoms with Crippen LogP contribution >= 0.6 is 15.9 Å². The molecule has 11 heteroatoms. The monoisotopic (exact) mass is 494 g/mol. The number of aromatic nitrogens is 4. The predicted molar refractivity (Wildman–Crippen MR) is 121 cm³/mol. The molecule has 0 saturated carbocycles. The van der Waals surface area contributed by atoms with Crippen LogP contribution < -0.4 is 4.90 Å². The van der Waals surface area contributed by atoms with E-state index in [0.717, 1.165) is 16.7 Å². The molecule has 0 spiro atoms. The number of tetrazole rings is 1. The van der Waals surface area contributed by atoms with Gasteiger partial charge in [-0.1, -0.05) is 52.3 Å². The van der Waals surface area contributed by atoms with E-state index in [-0.39, 0.29) is 16.9 Å². The highest BCUT2D eigenvalue weighted by Gasteiger charge is 2.27. The normalized spacial score (nSPS) is 10.7. The number of benzene rings is 3. The van der Waals surface area contributed by atoms with Gasteiger partial charge in [-0.05, 0) is 39.8 Å². The van der Waals surface area contributed by atoms with Gasteiger partial charge >= 0.3 is 5.97 Å². The molecular weight excluding hydrogens is 480 g/mol. The number of carbonyl (C=O) groups is 1. The lowest BCUT2D eigenvalue weighted by Gasteiger charge is -2.22. The quantitative estimate of drug-likeness (QED) is 0.291. The molecule has 4 aromatic rings. The summed E-state index contributed by atoms with van der Waals surface area (Å²) in [5.74, 6) is -0.735. The molecule has 0 aliphatic carbocycles. The van der Waals surface area contributed by atoms with Gasteiger partial charge in [0.25, 0.3) is 5.69 Å². The van der Waals surface area contributed by atoms with Crippen LogP contribution in [0.2, 0.25) is 0 Å². The summed E-state index contributed by atoms with van der Waals surface area (Å²) in [5.41, 5.74) is 2.66. The van der Waals surface area contributed by atoms with Crippen molar-refractivity contribution >= 4 is 39.0 Å². The lowest BCUT2D eigenvalue weighted by Crippen LogP contribution is -2.16. The van der Waals surface area contributed by atoms with Gasteiger partial charge in [0.05, 0.1) is 10.5 Å². The zero-order chi connectivity index (χ0) is 22.8. The summed E-state index contributed by atoms with van der Waals surface area (Å²) in [7, 11) is 1.59. The maximum atomic E-state index is 11.8. The van der Waals surface area contributed by atoms with E-state index in [4.69, 9.17) is 0 Å². The van der Waals surface area contributed by atoms with Crippen molar-refractivity contribution in [1.29, 1.82) is 0 Å². The first-order valence-corrected chi connectivity index (χ1v) is 10.0. The number of aromatic amines is 1. The number of carboxylic acids is 1. The number of hydrogen-bond donors (Lipinski definition) is 2. The fraction of sp³-hybridized carbons (Fsp3) is 0.0476. The topological polar surface area (TPSA) is 138 Å². The number of aromatic carboxylic acids is 1. The van der Waals surface area contributed by atoms with Crippen molar-refractivity contribution in [2.24, 2.45) is 0 Å². The molecule has 0 saturated heterocycles. The largest absolute Gasteiger partial charge is 0.478 e. The molecule has 1 aromatic heterocycles. The average Bonchev–Trinajstić information content (AvgIpc) is 3.33. The molecular formula is C21H15BrN6O4. The summed E-state index contributed by atoms with van der Waals surface area (Å²) in [6.07, 6.45) is 0. The second kappa shape index (κ2) is 8.55. The molecule has 3 aromatic carbocycles. The Morgan fingerprint density at radius 1 is 1.12 bits per heavy atom. The molecule has 0 atom stereocenters. The Morgan fingerprint density at radius 3 is 2.41 bits per heavy atom. The Bertz CT molecular complexity index is 1270. The van der Waals surface area contributed by atoms with Gasteiger partial charge in [0.1, 0.15) is 5.69 Å². The minimum absolute atomic E-state index is 0.00779. The first-order valence-electron chi connectivity index (χ1n) is 9.25. The minimum Gasteiger partial charge on any atom is -0.478 e. The second-order valence-corrected chi connectivity index (χ2v) is 7.70. The maximum Gasteiger partial charge on any atom is 0.338 e. The van der Waals surface area contributed by atoms with Crippen LogP contribution in [0.25, 0.3) is 22.5 Å². The van der Waals surface area contributed by atoms with Gasteiger partial charge < -0.3 is 10.0 Å². The van der Waals surface area contributed by atoms with E-state index in [1.54, 1.807) is 19.2 Å². The number of hydrogen-bond acceptors (Lipinski definition) is 7. The van der Waals surface area contributed by atoms with Crippen LogP contribution in [0.1, 0.15) is 10.4 Å². The fourth-order valence-electron chi connectivity index (χ4n) is 3.45. The van der Waals surface area contributed by atoms with E-state index in [1.807, 2.05) is 36.4 Å². The number of H-pyrrole nitrogens is 1. The number of nitro benzene ring substituents is 1. The van der Waals surface area contributed by atoms with Crippen LogP contribution in [0.4, 0.5) is 17.1 Å². The molecule has 160 valence electrons. The standard InChI is InChI=1S/C21H15BrN6O4/c1-27(19-17(21(29)30)10-13(22)11-18(19)28(31)32)14-8-6-12(7-9-14)15-4-2-3-5-16(15)20-23-25-26-24-20/h2-11H,1H3,(H,29,30)(H,23,24,25,26). The maximum absolute atomic E-state index is 11.8. The Labute approximate surface area is 189 Å². The van der Waals surface area contributed by atoms with Crippen molar-refractivity contribution in [3.8, 4) is 22.5 Å². The molecule has 1 heterocycles. The molecule has 4 rings (SSSR count). The molecule has 0 bridgehead atoms. The van der Waals surface area contributed by atoms with E-state index in [0.29, 0.717) is 16.0 Å². The van der Waals surface area contributed by atoms with Gasteiger partial charge in [0.15, 0.2) is 5.82 Å². The van der Waals surface area contributed by atoms with E-state index >= 15 is 0 Å². The molecule has 0 radical (unpaired) electrons. The molecule has 0 fully saturated rings.